The van der Waals surface area contributed by atoms with Crippen LogP contribution in [0.15, 0.2) is 76.5 Å². The number of nitro benzene ring substituents is 1. The Morgan fingerprint density at radius 2 is 1.90 bits per heavy atom. The Bertz CT molecular complexity index is 1150. The van der Waals surface area contributed by atoms with Gasteiger partial charge < -0.3 is 9.15 Å². The number of para-hydroxylation sites is 1. The summed E-state index contributed by atoms with van der Waals surface area (Å²) in [6.07, 6.45) is 5.05. The van der Waals surface area contributed by atoms with E-state index in [2.05, 4.69) is 10.5 Å². The Labute approximate surface area is 180 Å². The minimum absolute atomic E-state index is 0.0372. The molecule has 0 aliphatic heterocycles. The number of furan rings is 1. The number of amides is 1. The fourth-order valence-corrected chi connectivity index (χ4v) is 2.52. The molecular weight excluding hydrogens is 426 g/mol. The summed E-state index contributed by atoms with van der Waals surface area (Å²) in [5, 5.41) is 15.6. The third-order valence-corrected chi connectivity index (χ3v) is 4.07. The lowest BCUT2D eigenvalue weighted by Crippen LogP contribution is -2.17. The van der Waals surface area contributed by atoms with Crippen molar-refractivity contribution in [2.24, 2.45) is 5.10 Å². The normalized spacial score (nSPS) is 11.0. The second kappa shape index (κ2) is 9.99. The van der Waals surface area contributed by atoms with Crippen LogP contribution in [0.4, 0.5) is 5.69 Å². The van der Waals surface area contributed by atoms with Crippen LogP contribution in [0.25, 0.3) is 6.08 Å². The summed E-state index contributed by atoms with van der Waals surface area (Å²) in [6.45, 7) is 0. The summed E-state index contributed by atoms with van der Waals surface area (Å²) < 4.78 is 10.1. The van der Waals surface area contributed by atoms with Crippen LogP contribution in [-0.2, 0) is 4.79 Å². The maximum Gasteiger partial charge on any atom is 0.336 e. The van der Waals surface area contributed by atoms with Crippen LogP contribution >= 0.6 is 11.6 Å². The van der Waals surface area contributed by atoms with Gasteiger partial charge in [0.2, 0.25) is 5.75 Å². The molecule has 0 spiro atoms. The maximum absolute atomic E-state index is 12.2. The molecule has 0 bridgehead atoms. The van der Waals surface area contributed by atoms with E-state index in [4.69, 9.17) is 20.8 Å². The molecule has 31 heavy (non-hydrogen) atoms. The van der Waals surface area contributed by atoms with Crippen LogP contribution in [0.1, 0.15) is 21.7 Å². The zero-order valence-corrected chi connectivity index (χ0v) is 16.5. The van der Waals surface area contributed by atoms with Gasteiger partial charge in [-0.15, -0.1) is 0 Å². The number of benzene rings is 2. The Hall–Kier alpha value is -4.24. The summed E-state index contributed by atoms with van der Waals surface area (Å²) in [4.78, 5) is 34.7. The van der Waals surface area contributed by atoms with Crippen molar-refractivity contribution in [3.8, 4) is 5.75 Å². The van der Waals surface area contributed by atoms with E-state index in [0.29, 0.717) is 10.6 Å². The van der Waals surface area contributed by atoms with Gasteiger partial charge in [0.05, 0.1) is 17.4 Å². The molecule has 1 amide bonds. The van der Waals surface area contributed by atoms with Gasteiger partial charge in [-0.1, -0.05) is 29.8 Å². The first-order valence-corrected chi connectivity index (χ1v) is 9.11. The number of carbonyl (C=O) groups is 2. The third kappa shape index (κ3) is 5.87. The molecule has 0 aliphatic rings. The average molecular weight is 440 g/mol. The standard InChI is InChI=1S/C21H14ClN3O6/c22-16-9-6-14(7-10-16)8-11-19(26)31-20-15(3-1-4-17(20)25(28)29)13-23-24-21(27)18-5-2-12-30-18/h1-13H,(H,24,27)/b11-8+,23-13+. The first-order valence-electron chi connectivity index (χ1n) is 8.74. The molecule has 1 heterocycles. The molecule has 0 aliphatic carbocycles. The monoisotopic (exact) mass is 439 g/mol. The average Bonchev–Trinajstić information content (AvgIpc) is 3.29. The van der Waals surface area contributed by atoms with E-state index in [0.717, 1.165) is 12.3 Å². The summed E-state index contributed by atoms with van der Waals surface area (Å²) in [7, 11) is 0. The van der Waals surface area contributed by atoms with Crippen molar-refractivity contribution in [3.63, 3.8) is 0 Å². The lowest BCUT2D eigenvalue weighted by Gasteiger charge is -2.06. The van der Waals surface area contributed by atoms with Crippen molar-refractivity contribution >= 4 is 41.5 Å². The molecule has 3 aromatic rings. The molecule has 0 atom stereocenters. The van der Waals surface area contributed by atoms with Gasteiger partial charge in [0, 0.05) is 22.7 Å². The molecule has 0 fully saturated rings. The summed E-state index contributed by atoms with van der Waals surface area (Å²) in [5.41, 5.74) is 2.58. The van der Waals surface area contributed by atoms with Gasteiger partial charge >= 0.3 is 17.6 Å². The van der Waals surface area contributed by atoms with Crippen molar-refractivity contribution in [1.82, 2.24) is 5.43 Å². The van der Waals surface area contributed by atoms with Gasteiger partial charge in [-0.2, -0.15) is 5.10 Å². The van der Waals surface area contributed by atoms with Crippen LogP contribution in [0.2, 0.25) is 5.02 Å². The van der Waals surface area contributed by atoms with Crippen LogP contribution in [0, 0.1) is 10.1 Å². The van der Waals surface area contributed by atoms with Crippen molar-refractivity contribution in [3.05, 3.63) is 99.0 Å². The quantitative estimate of drug-likeness (QED) is 0.147. The fourth-order valence-electron chi connectivity index (χ4n) is 2.39. The van der Waals surface area contributed by atoms with Gasteiger partial charge in [-0.25, -0.2) is 10.2 Å². The number of hydrogen-bond donors (Lipinski definition) is 1. The number of rotatable bonds is 7. The fraction of sp³-hybridized carbons (Fsp3) is 0. The molecule has 1 aromatic heterocycles. The van der Waals surface area contributed by atoms with Crippen molar-refractivity contribution in [2.45, 2.75) is 0 Å². The molecule has 9 nitrogen and oxygen atoms in total. The number of nitrogens with zero attached hydrogens (tertiary/aromatic N) is 2. The number of nitrogens with one attached hydrogen (secondary N) is 1. The minimum atomic E-state index is -0.835. The molecule has 156 valence electrons. The minimum Gasteiger partial charge on any atom is -0.459 e. The Morgan fingerprint density at radius 1 is 1.13 bits per heavy atom. The number of nitro groups is 1. The van der Waals surface area contributed by atoms with Crippen LogP contribution in [-0.4, -0.2) is 23.0 Å². The third-order valence-electron chi connectivity index (χ3n) is 3.82. The van der Waals surface area contributed by atoms with E-state index in [1.54, 1.807) is 24.3 Å². The number of ether oxygens (including phenoxy) is 1. The second-order valence-corrected chi connectivity index (χ2v) is 6.37. The second-order valence-electron chi connectivity index (χ2n) is 5.94. The van der Waals surface area contributed by atoms with E-state index in [1.807, 2.05) is 0 Å². The highest BCUT2D eigenvalue weighted by Crippen LogP contribution is 2.30. The molecule has 2 aromatic carbocycles. The lowest BCUT2D eigenvalue weighted by molar-refractivity contribution is -0.385. The number of hydrazone groups is 1. The van der Waals surface area contributed by atoms with E-state index >= 15 is 0 Å². The Balaban J connectivity index is 1.78. The van der Waals surface area contributed by atoms with E-state index < -0.39 is 22.5 Å². The highest BCUT2D eigenvalue weighted by molar-refractivity contribution is 6.30. The van der Waals surface area contributed by atoms with Crippen molar-refractivity contribution in [1.29, 1.82) is 0 Å². The summed E-state index contributed by atoms with van der Waals surface area (Å²) in [5.74, 6) is -1.72. The Kier molecular flexibility index (Phi) is 6.92. The number of halogens is 1. The number of hydrogen-bond acceptors (Lipinski definition) is 7. The predicted octanol–water partition coefficient (Wildman–Crippen LogP) is 4.22. The first kappa shape index (κ1) is 21.5. The van der Waals surface area contributed by atoms with Crippen molar-refractivity contribution in [2.75, 3.05) is 0 Å². The van der Waals surface area contributed by atoms with E-state index in [-0.39, 0.29) is 17.1 Å². The van der Waals surface area contributed by atoms with E-state index in [9.17, 15) is 19.7 Å². The molecule has 0 radical (unpaired) electrons. The topological polar surface area (TPSA) is 124 Å². The SMILES string of the molecule is O=C(/C=C/c1ccc(Cl)cc1)Oc1c(/C=N/NC(=O)c2ccco2)cccc1[N+](=O)[O-]. The Morgan fingerprint density at radius 3 is 2.58 bits per heavy atom. The first-order chi connectivity index (χ1) is 14.9. The molecule has 10 heteroatoms. The lowest BCUT2D eigenvalue weighted by atomic mass is 10.2. The molecule has 0 saturated heterocycles. The van der Waals surface area contributed by atoms with Crippen molar-refractivity contribution < 1.29 is 23.7 Å². The van der Waals surface area contributed by atoms with Gasteiger partial charge in [-0.3, -0.25) is 14.9 Å². The van der Waals surface area contributed by atoms with Crippen LogP contribution < -0.4 is 10.2 Å². The zero-order valence-electron chi connectivity index (χ0n) is 15.7. The van der Waals surface area contributed by atoms with Crippen LogP contribution in [0.5, 0.6) is 5.75 Å². The molecule has 1 N–H and O–H groups in total. The summed E-state index contributed by atoms with van der Waals surface area (Å²) in [6, 6.07) is 13.7. The molecule has 0 unspecified atom stereocenters. The van der Waals surface area contributed by atoms with Crippen LogP contribution in [0.3, 0.4) is 0 Å². The number of esters is 1. The molecule has 0 saturated carbocycles. The predicted molar refractivity (Wildman–Crippen MR) is 113 cm³/mol. The van der Waals surface area contributed by atoms with Gasteiger partial charge in [0.15, 0.2) is 5.76 Å². The molecular formula is C21H14ClN3O6. The van der Waals surface area contributed by atoms with Gasteiger partial charge in [0.1, 0.15) is 0 Å². The highest BCUT2D eigenvalue weighted by Gasteiger charge is 2.20. The molecule has 3 rings (SSSR count). The highest BCUT2D eigenvalue weighted by atomic mass is 35.5. The maximum atomic E-state index is 12.2. The number of carbonyl (C=O) groups excluding carboxylic acids is 2. The van der Waals surface area contributed by atoms with Gasteiger partial charge in [-0.05, 0) is 42.0 Å². The smallest absolute Gasteiger partial charge is 0.336 e. The zero-order chi connectivity index (χ0) is 22.2. The largest absolute Gasteiger partial charge is 0.459 e. The summed E-state index contributed by atoms with van der Waals surface area (Å²) >= 11 is 5.81. The van der Waals surface area contributed by atoms with E-state index in [1.165, 1.54) is 42.7 Å². The van der Waals surface area contributed by atoms with Gasteiger partial charge in [0.25, 0.3) is 0 Å².